The summed E-state index contributed by atoms with van der Waals surface area (Å²) in [7, 11) is 3.06. The average molecular weight is 413 g/mol. The van der Waals surface area contributed by atoms with E-state index in [0.29, 0.717) is 60.7 Å². The van der Waals surface area contributed by atoms with Gasteiger partial charge in [0.15, 0.2) is 11.5 Å². The van der Waals surface area contributed by atoms with Crippen molar-refractivity contribution in [1.82, 2.24) is 4.90 Å². The molecule has 0 atom stereocenters. The number of carbonyl (C=O) groups is 2. The van der Waals surface area contributed by atoms with E-state index in [1.165, 1.54) is 12.0 Å². The maximum atomic E-state index is 12.8. The molecule has 3 amide bonds. The molecule has 2 aromatic carbocycles. The predicted octanol–water partition coefficient (Wildman–Crippen LogP) is 2.36. The molecule has 0 radical (unpaired) electrons. The average Bonchev–Trinajstić information content (AvgIpc) is 3.13. The van der Waals surface area contributed by atoms with Gasteiger partial charge in [0.1, 0.15) is 31.3 Å². The van der Waals surface area contributed by atoms with E-state index >= 15 is 0 Å². The zero-order valence-electron chi connectivity index (χ0n) is 16.8. The lowest BCUT2D eigenvalue weighted by Gasteiger charge is -2.22. The van der Waals surface area contributed by atoms with E-state index in [-0.39, 0.29) is 18.5 Å². The second-order valence-electron chi connectivity index (χ2n) is 6.80. The number of hydrogen-bond donors (Lipinski definition) is 1. The van der Waals surface area contributed by atoms with Crippen molar-refractivity contribution < 1.29 is 28.5 Å². The molecule has 2 heterocycles. The van der Waals surface area contributed by atoms with Gasteiger partial charge in [0, 0.05) is 30.9 Å². The van der Waals surface area contributed by atoms with Gasteiger partial charge in [0.25, 0.3) is 0 Å². The van der Waals surface area contributed by atoms with E-state index < -0.39 is 0 Å². The van der Waals surface area contributed by atoms with Gasteiger partial charge in [0.2, 0.25) is 5.91 Å². The number of nitrogens with zero attached hydrogens (tertiary/aromatic N) is 2. The Bertz CT molecular complexity index is 964. The van der Waals surface area contributed by atoms with Crippen LogP contribution in [0.1, 0.15) is 0 Å². The first kappa shape index (κ1) is 19.7. The summed E-state index contributed by atoms with van der Waals surface area (Å²) in [5.74, 6) is 2.06. The Hall–Kier alpha value is -3.62. The van der Waals surface area contributed by atoms with Crippen molar-refractivity contribution in [2.45, 2.75) is 0 Å². The highest BCUT2D eigenvalue weighted by atomic mass is 16.6. The number of ether oxygens (including phenoxy) is 4. The molecule has 2 aromatic rings. The Labute approximate surface area is 174 Å². The number of urea groups is 1. The van der Waals surface area contributed by atoms with Crippen LogP contribution in [0.3, 0.4) is 0 Å². The fraction of sp³-hybridized carbons (Fsp3) is 0.333. The first-order valence-electron chi connectivity index (χ1n) is 9.57. The number of fused-ring (bicyclic) bond motifs is 1. The van der Waals surface area contributed by atoms with Crippen LogP contribution in [0.4, 0.5) is 16.2 Å². The summed E-state index contributed by atoms with van der Waals surface area (Å²) in [5.41, 5.74) is 1.19. The topological polar surface area (TPSA) is 89.6 Å². The van der Waals surface area contributed by atoms with Crippen molar-refractivity contribution in [3.63, 3.8) is 0 Å². The number of nitrogens with one attached hydrogen (secondary N) is 1. The van der Waals surface area contributed by atoms with Crippen LogP contribution in [0.25, 0.3) is 0 Å². The normalized spacial score (nSPS) is 15.2. The van der Waals surface area contributed by atoms with Gasteiger partial charge in [0.05, 0.1) is 19.9 Å². The second-order valence-corrected chi connectivity index (χ2v) is 6.80. The molecule has 0 bridgehead atoms. The molecule has 2 aliphatic heterocycles. The number of benzene rings is 2. The van der Waals surface area contributed by atoms with E-state index in [4.69, 9.17) is 18.9 Å². The van der Waals surface area contributed by atoms with Crippen LogP contribution in [-0.2, 0) is 4.79 Å². The summed E-state index contributed by atoms with van der Waals surface area (Å²) < 4.78 is 21.6. The number of amides is 3. The Kier molecular flexibility index (Phi) is 5.51. The van der Waals surface area contributed by atoms with Crippen LogP contribution < -0.4 is 29.2 Å². The molecule has 0 spiro atoms. The third-order valence-electron chi connectivity index (χ3n) is 4.95. The third-order valence-corrected chi connectivity index (χ3v) is 4.95. The molecule has 158 valence electrons. The van der Waals surface area contributed by atoms with Crippen LogP contribution in [0.15, 0.2) is 36.4 Å². The maximum Gasteiger partial charge on any atom is 0.325 e. The zero-order chi connectivity index (χ0) is 21.1. The summed E-state index contributed by atoms with van der Waals surface area (Å²) in [6, 6.07) is 10.3. The minimum atomic E-state index is -0.320. The van der Waals surface area contributed by atoms with E-state index in [0.717, 1.165) is 0 Å². The lowest BCUT2D eigenvalue weighted by molar-refractivity contribution is -0.116. The molecule has 30 heavy (non-hydrogen) atoms. The molecule has 0 aliphatic carbocycles. The van der Waals surface area contributed by atoms with E-state index in [1.54, 1.807) is 42.3 Å². The SMILES string of the molecule is COc1ccc(OC)c(NC(=O)CN2CCN(c3ccc4c(c3)OCCO4)C2=O)c1. The summed E-state index contributed by atoms with van der Waals surface area (Å²) in [5, 5.41) is 2.79. The Morgan fingerprint density at radius 1 is 1.03 bits per heavy atom. The van der Waals surface area contributed by atoms with Crippen molar-refractivity contribution in [2.24, 2.45) is 0 Å². The molecule has 1 saturated heterocycles. The zero-order valence-corrected chi connectivity index (χ0v) is 16.8. The lowest BCUT2D eigenvalue weighted by atomic mass is 10.2. The van der Waals surface area contributed by atoms with Crippen molar-refractivity contribution in [1.29, 1.82) is 0 Å². The number of carbonyl (C=O) groups excluding carboxylic acids is 2. The number of methoxy groups -OCH3 is 2. The molecule has 0 unspecified atom stereocenters. The first-order valence-corrected chi connectivity index (χ1v) is 9.57. The smallest absolute Gasteiger partial charge is 0.325 e. The molecular formula is C21H23N3O6. The number of hydrogen-bond acceptors (Lipinski definition) is 6. The van der Waals surface area contributed by atoms with Gasteiger partial charge < -0.3 is 29.2 Å². The fourth-order valence-corrected chi connectivity index (χ4v) is 3.44. The fourth-order valence-electron chi connectivity index (χ4n) is 3.44. The molecule has 2 aliphatic rings. The van der Waals surface area contributed by atoms with Crippen molar-refractivity contribution in [2.75, 3.05) is 57.3 Å². The van der Waals surface area contributed by atoms with E-state index in [2.05, 4.69) is 5.32 Å². The molecule has 9 nitrogen and oxygen atoms in total. The van der Waals surface area contributed by atoms with Crippen molar-refractivity contribution >= 4 is 23.3 Å². The van der Waals surface area contributed by atoms with Gasteiger partial charge >= 0.3 is 6.03 Å². The molecule has 0 aromatic heterocycles. The molecule has 1 fully saturated rings. The second kappa shape index (κ2) is 8.40. The van der Waals surface area contributed by atoms with Crippen molar-refractivity contribution in [3.05, 3.63) is 36.4 Å². The van der Waals surface area contributed by atoms with Gasteiger partial charge in [-0.3, -0.25) is 9.69 Å². The monoisotopic (exact) mass is 413 g/mol. The summed E-state index contributed by atoms with van der Waals surface area (Å²) in [6.07, 6.45) is 0. The van der Waals surface area contributed by atoms with Crippen LogP contribution in [0.2, 0.25) is 0 Å². The van der Waals surface area contributed by atoms with E-state index in [1.807, 2.05) is 6.07 Å². The quantitative estimate of drug-likeness (QED) is 0.782. The van der Waals surface area contributed by atoms with Crippen molar-refractivity contribution in [3.8, 4) is 23.0 Å². The molecule has 4 rings (SSSR count). The van der Waals surface area contributed by atoms with Crippen LogP contribution in [-0.4, -0.2) is 63.9 Å². The minimum Gasteiger partial charge on any atom is -0.497 e. The molecular weight excluding hydrogens is 390 g/mol. The van der Waals surface area contributed by atoms with Crippen LogP contribution in [0.5, 0.6) is 23.0 Å². The molecule has 0 saturated carbocycles. The maximum absolute atomic E-state index is 12.8. The molecule has 1 N–H and O–H groups in total. The van der Waals surface area contributed by atoms with Gasteiger partial charge in [-0.15, -0.1) is 0 Å². The predicted molar refractivity (Wildman–Crippen MR) is 110 cm³/mol. The summed E-state index contributed by atoms with van der Waals surface area (Å²) in [6.45, 7) is 1.84. The molecule has 9 heteroatoms. The van der Waals surface area contributed by atoms with Gasteiger partial charge in [-0.25, -0.2) is 4.79 Å². The summed E-state index contributed by atoms with van der Waals surface area (Å²) >= 11 is 0. The van der Waals surface area contributed by atoms with Crippen LogP contribution >= 0.6 is 0 Å². The number of rotatable bonds is 6. The van der Waals surface area contributed by atoms with Gasteiger partial charge in [-0.05, 0) is 24.3 Å². The Morgan fingerprint density at radius 2 is 1.83 bits per heavy atom. The minimum absolute atomic E-state index is 0.0692. The van der Waals surface area contributed by atoms with Gasteiger partial charge in [-0.2, -0.15) is 0 Å². The highest BCUT2D eigenvalue weighted by molar-refractivity contribution is 6.00. The highest BCUT2D eigenvalue weighted by Crippen LogP contribution is 2.35. The number of anilines is 2. The standard InChI is InChI=1S/C21H23N3O6/c1-27-15-4-6-17(28-2)16(12-15)22-20(25)13-23-7-8-24(21(23)26)14-3-5-18-19(11-14)30-10-9-29-18/h3-6,11-12H,7-10,13H2,1-2H3,(H,22,25). The van der Waals surface area contributed by atoms with Gasteiger partial charge in [-0.1, -0.05) is 0 Å². The highest BCUT2D eigenvalue weighted by Gasteiger charge is 2.31. The Balaban J connectivity index is 1.42. The van der Waals surface area contributed by atoms with Crippen LogP contribution in [0, 0.1) is 0 Å². The van der Waals surface area contributed by atoms with E-state index in [9.17, 15) is 9.59 Å². The first-order chi connectivity index (χ1) is 14.6. The summed E-state index contributed by atoms with van der Waals surface area (Å²) in [4.78, 5) is 28.5. The third kappa shape index (κ3) is 3.91. The Morgan fingerprint density at radius 3 is 2.60 bits per heavy atom. The lowest BCUT2D eigenvalue weighted by Crippen LogP contribution is -2.37. The largest absolute Gasteiger partial charge is 0.497 e.